The highest BCUT2D eigenvalue weighted by atomic mass is 79.9. The molecule has 0 saturated heterocycles. The molecule has 19 heavy (non-hydrogen) atoms. The third-order valence-corrected chi connectivity index (χ3v) is 4.09. The summed E-state index contributed by atoms with van der Waals surface area (Å²) in [5.41, 5.74) is 0.153. The highest BCUT2D eigenvalue weighted by molar-refractivity contribution is 9.10. The molecule has 0 heterocycles. The molecule has 5 heteroatoms. The number of alkyl halides is 3. The molecule has 106 valence electrons. The maximum atomic E-state index is 12.8. The topological polar surface area (TPSA) is 12.0 Å². The standard InChI is InChI=1S/C14H17BrF3N/c1-2-7-19-13(9-3-4-9)11-8-10(14(16,17)18)5-6-12(11)15/h5-6,8-9,13,19H,2-4,7H2,1H3. The summed E-state index contributed by atoms with van der Waals surface area (Å²) < 4.78 is 39.1. The fourth-order valence-corrected chi connectivity index (χ4v) is 2.71. The van der Waals surface area contributed by atoms with Crippen LogP contribution in [0, 0.1) is 5.92 Å². The van der Waals surface area contributed by atoms with Gasteiger partial charge in [0, 0.05) is 10.5 Å². The fourth-order valence-electron chi connectivity index (χ4n) is 2.22. The molecule has 1 atom stereocenters. The molecule has 0 spiro atoms. The van der Waals surface area contributed by atoms with Gasteiger partial charge in [-0.25, -0.2) is 0 Å². The number of halogens is 4. The molecule has 1 N–H and O–H groups in total. The van der Waals surface area contributed by atoms with Gasteiger partial charge in [0.1, 0.15) is 0 Å². The molecule has 1 nitrogen and oxygen atoms in total. The van der Waals surface area contributed by atoms with Crippen LogP contribution in [0.3, 0.4) is 0 Å². The summed E-state index contributed by atoms with van der Waals surface area (Å²) in [5, 5.41) is 3.37. The van der Waals surface area contributed by atoms with Gasteiger partial charge in [-0.1, -0.05) is 22.9 Å². The summed E-state index contributed by atoms with van der Waals surface area (Å²) in [6.45, 7) is 2.88. The normalized spacial score (nSPS) is 17.5. The van der Waals surface area contributed by atoms with Crippen molar-refractivity contribution in [2.75, 3.05) is 6.54 Å². The van der Waals surface area contributed by atoms with Crippen LogP contribution >= 0.6 is 15.9 Å². The van der Waals surface area contributed by atoms with Crippen molar-refractivity contribution in [1.29, 1.82) is 0 Å². The van der Waals surface area contributed by atoms with E-state index < -0.39 is 11.7 Å². The number of hydrogen-bond donors (Lipinski definition) is 1. The minimum absolute atomic E-state index is 0.0247. The average Bonchev–Trinajstić information content (AvgIpc) is 3.14. The first kappa shape index (κ1) is 14.9. The number of nitrogens with one attached hydrogen (secondary N) is 1. The van der Waals surface area contributed by atoms with Crippen molar-refractivity contribution in [1.82, 2.24) is 5.32 Å². The summed E-state index contributed by atoms with van der Waals surface area (Å²) >= 11 is 3.38. The van der Waals surface area contributed by atoms with Crippen LogP contribution in [0.15, 0.2) is 22.7 Å². The van der Waals surface area contributed by atoms with Crippen LogP contribution in [0.4, 0.5) is 13.2 Å². The zero-order valence-corrected chi connectivity index (χ0v) is 12.3. The van der Waals surface area contributed by atoms with E-state index in [1.807, 2.05) is 0 Å². The van der Waals surface area contributed by atoms with E-state index in [1.54, 1.807) is 0 Å². The Bertz CT molecular complexity index is 441. The smallest absolute Gasteiger partial charge is 0.310 e. The molecule has 1 aliphatic carbocycles. The van der Waals surface area contributed by atoms with Crippen LogP contribution in [-0.2, 0) is 6.18 Å². The van der Waals surface area contributed by atoms with Gasteiger partial charge in [0.15, 0.2) is 0 Å². The first-order chi connectivity index (χ1) is 8.93. The first-order valence-electron chi connectivity index (χ1n) is 6.53. The molecule has 1 aliphatic rings. The third kappa shape index (κ3) is 3.72. The highest BCUT2D eigenvalue weighted by Crippen LogP contribution is 2.44. The molecular weight excluding hydrogens is 319 g/mol. The van der Waals surface area contributed by atoms with Gasteiger partial charge in [-0.15, -0.1) is 0 Å². The zero-order chi connectivity index (χ0) is 14.0. The molecule has 1 saturated carbocycles. The molecule has 0 aliphatic heterocycles. The van der Waals surface area contributed by atoms with E-state index in [1.165, 1.54) is 12.1 Å². The van der Waals surface area contributed by atoms with E-state index in [4.69, 9.17) is 0 Å². The van der Waals surface area contributed by atoms with Crippen LogP contribution in [-0.4, -0.2) is 6.54 Å². The second-order valence-corrected chi connectivity index (χ2v) is 5.86. The quantitative estimate of drug-likeness (QED) is 0.805. The van der Waals surface area contributed by atoms with Crippen molar-refractivity contribution in [3.8, 4) is 0 Å². The molecule has 1 aromatic carbocycles. The van der Waals surface area contributed by atoms with Crippen molar-refractivity contribution >= 4 is 15.9 Å². The number of rotatable bonds is 5. The van der Waals surface area contributed by atoms with Crippen LogP contribution in [0.2, 0.25) is 0 Å². The monoisotopic (exact) mass is 335 g/mol. The Kier molecular flexibility index (Phi) is 4.56. The maximum Gasteiger partial charge on any atom is 0.416 e. The molecule has 1 aromatic rings. The second kappa shape index (κ2) is 5.83. The van der Waals surface area contributed by atoms with E-state index in [2.05, 4.69) is 28.2 Å². The Hall–Kier alpha value is -0.550. The molecule has 0 bridgehead atoms. The lowest BCUT2D eigenvalue weighted by Gasteiger charge is -2.21. The Labute approximate surface area is 119 Å². The van der Waals surface area contributed by atoms with Gasteiger partial charge in [-0.3, -0.25) is 0 Å². The van der Waals surface area contributed by atoms with Gasteiger partial charge < -0.3 is 5.32 Å². The summed E-state index contributed by atoms with van der Waals surface area (Å²) in [6.07, 6.45) is -1.14. The van der Waals surface area contributed by atoms with E-state index in [0.29, 0.717) is 5.92 Å². The van der Waals surface area contributed by atoms with Gasteiger partial charge in [0.25, 0.3) is 0 Å². The van der Waals surface area contributed by atoms with E-state index in [-0.39, 0.29) is 6.04 Å². The van der Waals surface area contributed by atoms with Gasteiger partial charge in [0.2, 0.25) is 0 Å². The average molecular weight is 336 g/mol. The van der Waals surface area contributed by atoms with Crippen molar-refractivity contribution in [2.24, 2.45) is 5.92 Å². The SMILES string of the molecule is CCCNC(c1cc(C(F)(F)F)ccc1Br)C1CC1. The van der Waals surface area contributed by atoms with Gasteiger partial charge in [-0.05, 0) is 55.5 Å². The van der Waals surface area contributed by atoms with Gasteiger partial charge in [-0.2, -0.15) is 13.2 Å². The molecule has 1 fully saturated rings. The lowest BCUT2D eigenvalue weighted by Crippen LogP contribution is -2.24. The summed E-state index contributed by atoms with van der Waals surface area (Å²) in [5.74, 6) is 0.464. The van der Waals surface area contributed by atoms with Crippen LogP contribution < -0.4 is 5.32 Å². The molecule has 0 amide bonds. The maximum absolute atomic E-state index is 12.8. The molecule has 1 unspecified atom stereocenters. The minimum atomic E-state index is -4.28. The number of hydrogen-bond acceptors (Lipinski definition) is 1. The lowest BCUT2D eigenvalue weighted by atomic mass is 9.99. The fraction of sp³-hybridized carbons (Fsp3) is 0.571. The van der Waals surface area contributed by atoms with Crippen molar-refractivity contribution in [2.45, 2.75) is 38.4 Å². The van der Waals surface area contributed by atoms with Crippen LogP contribution in [0.5, 0.6) is 0 Å². The molecular formula is C14H17BrF3N. The van der Waals surface area contributed by atoms with Gasteiger partial charge in [0.05, 0.1) is 5.56 Å². The predicted molar refractivity (Wildman–Crippen MR) is 72.9 cm³/mol. The van der Waals surface area contributed by atoms with Gasteiger partial charge >= 0.3 is 6.18 Å². The van der Waals surface area contributed by atoms with Crippen molar-refractivity contribution < 1.29 is 13.2 Å². The predicted octanol–water partition coefficient (Wildman–Crippen LogP) is 4.92. The van der Waals surface area contributed by atoms with E-state index >= 15 is 0 Å². The lowest BCUT2D eigenvalue weighted by molar-refractivity contribution is -0.137. The third-order valence-electron chi connectivity index (χ3n) is 3.37. The molecule has 0 radical (unpaired) electrons. The zero-order valence-electron chi connectivity index (χ0n) is 10.7. The largest absolute Gasteiger partial charge is 0.416 e. The first-order valence-corrected chi connectivity index (χ1v) is 7.32. The molecule has 2 rings (SSSR count). The number of benzene rings is 1. The van der Waals surface area contributed by atoms with E-state index in [9.17, 15) is 13.2 Å². The van der Waals surface area contributed by atoms with Crippen molar-refractivity contribution in [3.05, 3.63) is 33.8 Å². The van der Waals surface area contributed by atoms with Crippen LogP contribution in [0.1, 0.15) is 43.4 Å². The minimum Gasteiger partial charge on any atom is -0.310 e. The Morgan fingerprint density at radius 3 is 2.58 bits per heavy atom. The molecule has 0 aromatic heterocycles. The van der Waals surface area contributed by atoms with Crippen LogP contribution in [0.25, 0.3) is 0 Å². The Morgan fingerprint density at radius 2 is 2.05 bits per heavy atom. The Balaban J connectivity index is 2.29. The second-order valence-electron chi connectivity index (χ2n) is 5.00. The summed E-state index contributed by atoms with van der Waals surface area (Å²) in [4.78, 5) is 0. The Morgan fingerprint density at radius 1 is 1.37 bits per heavy atom. The highest BCUT2D eigenvalue weighted by Gasteiger charge is 2.36. The van der Waals surface area contributed by atoms with Crippen molar-refractivity contribution in [3.63, 3.8) is 0 Å². The summed E-state index contributed by atoms with van der Waals surface area (Å²) in [6, 6.07) is 3.92. The van der Waals surface area contributed by atoms with E-state index in [0.717, 1.165) is 41.9 Å². The summed E-state index contributed by atoms with van der Waals surface area (Å²) in [7, 11) is 0.